The molecule has 0 bridgehead atoms. The summed E-state index contributed by atoms with van der Waals surface area (Å²) in [6, 6.07) is 6.96. The maximum Gasteiger partial charge on any atom is 0.141 e. The van der Waals surface area contributed by atoms with Gasteiger partial charge >= 0.3 is 0 Å². The van der Waals surface area contributed by atoms with Gasteiger partial charge in [-0.15, -0.1) is 0 Å². The van der Waals surface area contributed by atoms with Crippen LogP contribution in [0.1, 0.15) is 51.0 Å². The molecule has 0 heterocycles. The molecule has 0 amide bonds. The summed E-state index contributed by atoms with van der Waals surface area (Å²) in [6.07, 6.45) is 8.07. The summed E-state index contributed by atoms with van der Waals surface area (Å²) in [5.74, 6) is 1.92. The van der Waals surface area contributed by atoms with E-state index in [-0.39, 0.29) is 0 Å². The highest BCUT2D eigenvalue weighted by Crippen LogP contribution is 2.32. The Kier molecular flexibility index (Phi) is 5.12. The molecule has 1 N–H and O–H groups in total. The van der Waals surface area contributed by atoms with E-state index in [2.05, 4.69) is 37.4 Å². The molecule has 2 heteroatoms. The van der Waals surface area contributed by atoms with Crippen LogP contribution in [0.2, 0.25) is 0 Å². The molecule has 0 spiro atoms. The monoisotopic (exact) mass is 261 g/mol. The number of rotatable bonds is 5. The lowest BCUT2D eigenvalue weighted by Gasteiger charge is -2.30. The summed E-state index contributed by atoms with van der Waals surface area (Å²) >= 11 is 0. The van der Waals surface area contributed by atoms with E-state index >= 15 is 0 Å². The molecule has 0 unspecified atom stereocenters. The summed E-state index contributed by atoms with van der Waals surface area (Å²) in [6.45, 7) is 4.42. The molecule has 0 radical (unpaired) electrons. The van der Waals surface area contributed by atoms with Crippen LogP contribution in [-0.2, 0) is 0 Å². The van der Waals surface area contributed by atoms with E-state index in [0.717, 1.165) is 17.4 Å². The van der Waals surface area contributed by atoms with Crippen molar-refractivity contribution in [3.05, 3.63) is 23.8 Å². The Labute approximate surface area is 117 Å². The molecular weight excluding hydrogens is 234 g/mol. The van der Waals surface area contributed by atoms with Gasteiger partial charge < -0.3 is 10.1 Å². The second-order valence-corrected chi connectivity index (χ2v) is 5.85. The second-order valence-electron chi connectivity index (χ2n) is 5.85. The van der Waals surface area contributed by atoms with Gasteiger partial charge in [-0.1, -0.05) is 25.8 Å². The van der Waals surface area contributed by atoms with Crippen LogP contribution in [0.3, 0.4) is 0 Å². The van der Waals surface area contributed by atoms with Crippen LogP contribution < -0.4 is 10.1 Å². The van der Waals surface area contributed by atoms with E-state index in [1.54, 1.807) is 7.11 Å². The quantitative estimate of drug-likeness (QED) is 0.824. The largest absolute Gasteiger partial charge is 0.495 e. The highest BCUT2D eigenvalue weighted by Gasteiger charge is 2.21. The van der Waals surface area contributed by atoms with Gasteiger partial charge in [-0.3, -0.25) is 0 Å². The first kappa shape index (κ1) is 14.2. The zero-order valence-corrected chi connectivity index (χ0v) is 12.5. The summed E-state index contributed by atoms with van der Waals surface area (Å²) in [7, 11) is 1.74. The second kappa shape index (κ2) is 6.83. The van der Waals surface area contributed by atoms with Gasteiger partial charge in [0.1, 0.15) is 5.75 Å². The number of nitrogens with one attached hydrogen (secondary N) is 1. The minimum absolute atomic E-state index is 0.615. The molecule has 2 nitrogen and oxygen atoms in total. The van der Waals surface area contributed by atoms with Gasteiger partial charge in [0, 0.05) is 6.04 Å². The van der Waals surface area contributed by atoms with Crippen LogP contribution >= 0.6 is 0 Å². The topological polar surface area (TPSA) is 21.3 Å². The molecular formula is C17H27NO. The van der Waals surface area contributed by atoms with Crippen LogP contribution in [0.5, 0.6) is 5.75 Å². The average Bonchev–Trinajstić information content (AvgIpc) is 2.42. The molecule has 1 aliphatic carbocycles. The Morgan fingerprint density at radius 1 is 1.21 bits per heavy atom. The lowest BCUT2D eigenvalue weighted by atomic mass is 9.83. The van der Waals surface area contributed by atoms with Crippen LogP contribution in [0.4, 0.5) is 5.69 Å². The number of anilines is 1. The van der Waals surface area contributed by atoms with Gasteiger partial charge in [0.25, 0.3) is 0 Å². The van der Waals surface area contributed by atoms with Gasteiger partial charge in [0.05, 0.1) is 12.8 Å². The number of ether oxygens (including phenoxy) is 1. The van der Waals surface area contributed by atoms with E-state index in [0.29, 0.717) is 6.04 Å². The summed E-state index contributed by atoms with van der Waals surface area (Å²) in [5.41, 5.74) is 2.43. The Morgan fingerprint density at radius 2 is 1.95 bits per heavy atom. The van der Waals surface area contributed by atoms with Crippen molar-refractivity contribution in [3.63, 3.8) is 0 Å². The Hall–Kier alpha value is -1.18. The standard InChI is InChI=1S/C17H27NO/c1-4-5-14-7-9-15(10-8-14)18-16-12-13(2)6-11-17(16)19-3/h6,11-12,14-15,18H,4-5,7-10H2,1-3H3. The Bertz CT molecular complexity index is 394. The van der Waals surface area contributed by atoms with Crippen LogP contribution in [0.25, 0.3) is 0 Å². The van der Waals surface area contributed by atoms with Crippen LogP contribution in [-0.4, -0.2) is 13.2 Å². The van der Waals surface area contributed by atoms with Crippen LogP contribution in [0, 0.1) is 12.8 Å². The molecule has 1 aromatic carbocycles. The fourth-order valence-corrected chi connectivity index (χ4v) is 3.16. The van der Waals surface area contributed by atoms with Gasteiger partial charge in [-0.05, 0) is 56.2 Å². The third kappa shape index (κ3) is 3.89. The lowest BCUT2D eigenvalue weighted by molar-refractivity contribution is 0.318. The molecule has 1 fully saturated rings. The zero-order chi connectivity index (χ0) is 13.7. The van der Waals surface area contributed by atoms with E-state index in [1.165, 1.54) is 44.1 Å². The van der Waals surface area contributed by atoms with Crippen molar-refractivity contribution in [2.75, 3.05) is 12.4 Å². The van der Waals surface area contributed by atoms with E-state index < -0.39 is 0 Å². The Morgan fingerprint density at radius 3 is 2.58 bits per heavy atom. The summed E-state index contributed by atoms with van der Waals surface area (Å²) in [5, 5.41) is 3.68. The first-order valence-electron chi connectivity index (χ1n) is 7.64. The predicted molar refractivity (Wildman–Crippen MR) is 82.0 cm³/mol. The molecule has 106 valence electrons. The molecule has 19 heavy (non-hydrogen) atoms. The number of hydrogen-bond acceptors (Lipinski definition) is 2. The van der Waals surface area contributed by atoms with Crippen molar-refractivity contribution in [1.29, 1.82) is 0 Å². The summed E-state index contributed by atoms with van der Waals surface area (Å²) < 4.78 is 5.44. The predicted octanol–water partition coefficient (Wildman–Crippen LogP) is 4.77. The highest BCUT2D eigenvalue weighted by atomic mass is 16.5. The van der Waals surface area contributed by atoms with Crippen molar-refractivity contribution >= 4 is 5.69 Å². The molecule has 2 rings (SSSR count). The average molecular weight is 261 g/mol. The van der Waals surface area contributed by atoms with Crippen molar-refractivity contribution in [2.45, 2.75) is 58.4 Å². The number of aryl methyl sites for hydroxylation is 1. The zero-order valence-electron chi connectivity index (χ0n) is 12.5. The van der Waals surface area contributed by atoms with E-state index in [1.807, 2.05) is 0 Å². The number of methoxy groups -OCH3 is 1. The molecule has 0 atom stereocenters. The number of benzene rings is 1. The normalized spacial score (nSPS) is 23.1. The van der Waals surface area contributed by atoms with Gasteiger partial charge in [-0.2, -0.15) is 0 Å². The third-order valence-corrected chi connectivity index (χ3v) is 4.26. The van der Waals surface area contributed by atoms with Gasteiger partial charge in [0.2, 0.25) is 0 Å². The Balaban J connectivity index is 1.93. The fraction of sp³-hybridized carbons (Fsp3) is 0.647. The van der Waals surface area contributed by atoms with E-state index in [4.69, 9.17) is 4.74 Å². The van der Waals surface area contributed by atoms with Gasteiger partial charge in [0.15, 0.2) is 0 Å². The van der Waals surface area contributed by atoms with Gasteiger partial charge in [-0.25, -0.2) is 0 Å². The lowest BCUT2D eigenvalue weighted by Crippen LogP contribution is -2.26. The molecule has 1 saturated carbocycles. The van der Waals surface area contributed by atoms with E-state index in [9.17, 15) is 0 Å². The van der Waals surface area contributed by atoms with Crippen molar-refractivity contribution < 1.29 is 4.74 Å². The third-order valence-electron chi connectivity index (χ3n) is 4.26. The molecule has 0 aliphatic heterocycles. The van der Waals surface area contributed by atoms with Crippen LogP contribution in [0.15, 0.2) is 18.2 Å². The number of hydrogen-bond donors (Lipinski definition) is 1. The van der Waals surface area contributed by atoms with Crippen molar-refractivity contribution in [2.24, 2.45) is 5.92 Å². The van der Waals surface area contributed by atoms with Crippen molar-refractivity contribution in [1.82, 2.24) is 0 Å². The first-order chi connectivity index (χ1) is 9.22. The molecule has 1 aromatic rings. The SMILES string of the molecule is CCCC1CCC(Nc2cc(C)ccc2OC)CC1. The van der Waals surface area contributed by atoms with Crippen molar-refractivity contribution in [3.8, 4) is 5.75 Å². The fourth-order valence-electron chi connectivity index (χ4n) is 3.16. The highest BCUT2D eigenvalue weighted by molar-refractivity contribution is 5.58. The molecule has 1 aliphatic rings. The summed E-state index contributed by atoms with van der Waals surface area (Å²) in [4.78, 5) is 0. The maximum absolute atomic E-state index is 5.44. The molecule has 0 saturated heterocycles. The minimum Gasteiger partial charge on any atom is -0.495 e. The molecule has 0 aromatic heterocycles. The first-order valence-corrected chi connectivity index (χ1v) is 7.64. The smallest absolute Gasteiger partial charge is 0.141 e. The maximum atomic E-state index is 5.44. The minimum atomic E-state index is 0.615.